The van der Waals surface area contributed by atoms with Crippen molar-refractivity contribution in [3.05, 3.63) is 66.6 Å². The summed E-state index contributed by atoms with van der Waals surface area (Å²) in [6.45, 7) is 4.43. The fourth-order valence-corrected chi connectivity index (χ4v) is 2.97. The van der Waals surface area contributed by atoms with Gasteiger partial charge in [-0.3, -0.25) is 0 Å². The number of nitrogens with one attached hydrogen (secondary N) is 2. The van der Waals surface area contributed by atoms with E-state index in [1.807, 2.05) is 55.6 Å². The number of guanidine groups is 1. The molecule has 1 unspecified atom stereocenters. The molecule has 0 amide bonds. The Kier molecular flexibility index (Phi) is 5.89. The van der Waals surface area contributed by atoms with Crippen LogP contribution in [0.3, 0.4) is 0 Å². The van der Waals surface area contributed by atoms with Crippen LogP contribution in [0, 0.1) is 0 Å². The van der Waals surface area contributed by atoms with Crippen molar-refractivity contribution in [2.75, 3.05) is 19.7 Å². The molecule has 8 heteroatoms. The fraction of sp³-hybridized carbons (Fsp3) is 0.286. The normalized spacial score (nSPS) is 15.8. The van der Waals surface area contributed by atoms with Crippen molar-refractivity contribution < 1.29 is 9.47 Å². The molecule has 1 atom stereocenters. The maximum absolute atomic E-state index is 5.99. The molecule has 0 saturated carbocycles. The third-order valence-electron chi connectivity index (χ3n) is 4.38. The molecule has 0 saturated heterocycles. The average Bonchev–Trinajstić information content (AvgIpc) is 3.31. The molecule has 0 spiro atoms. The maximum Gasteiger partial charge on any atom is 0.191 e. The Morgan fingerprint density at radius 3 is 2.90 bits per heavy atom. The van der Waals surface area contributed by atoms with E-state index in [-0.39, 0.29) is 6.10 Å². The number of para-hydroxylation sites is 2. The summed E-state index contributed by atoms with van der Waals surface area (Å²) in [6.07, 6.45) is 5.29. The molecule has 0 fully saturated rings. The molecule has 1 aliphatic heterocycles. The monoisotopic (exact) mass is 392 g/mol. The number of hydrogen-bond donors (Lipinski definition) is 2. The number of fused-ring (bicyclic) bond motifs is 1. The topological polar surface area (TPSA) is 85.6 Å². The molecule has 0 bridgehead atoms. The third kappa shape index (κ3) is 4.84. The second-order valence-corrected chi connectivity index (χ2v) is 6.55. The molecule has 150 valence electrons. The Hall–Kier alpha value is -3.55. The zero-order valence-corrected chi connectivity index (χ0v) is 16.3. The van der Waals surface area contributed by atoms with Gasteiger partial charge in [-0.05, 0) is 42.8 Å². The minimum atomic E-state index is -0.0823. The highest BCUT2D eigenvalue weighted by Crippen LogP contribution is 2.30. The van der Waals surface area contributed by atoms with Crippen LogP contribution in [0.5, 0.6) is 11.5 Å². The molecule has 1 aromatic carbocycles. The molecule has 1 aliphatic rings. The van der Waals surface area contributed by atoms with Gasteiger partial charge < -0.3 is 20.1 Å². The number of ether oxygens (including phenoxy) is 2. The van der Waals surface area contributed by atoms with E-state index in [2.05, 4.69) is 25.7 Å². The highest BCUT2D eigenvalue weighted by atomic mass is 16.6. The summed E-state index contributed by atoms with van der Waals surface area (Å²) in [5.41, 5.74) is 1.05. The fourth-order valence-electron chi connectivity index (χ4n) is 2.97. The van der Waals surface area contributed by atoms with E-state index >= 15 is 0 Å². The molecule has 3 aromatic rings. The standard InChI is InChI=1S/C21H24N6O2/c1-2-22-21(25-14-17-15-28-18-6-3-4-7-19(18)29-17)24-13-16-8-10-23-20(12-16)27-11-5-9-26-27/h3-12,17H,2,13-15H2,1H3,(H2,22,24,25). The van der Waals surface area contributed by atoms with Crippen molar-refractivity contribution in [3.8, 4) is 17.3 Å². The van der Waals surface area contributed by atoms with Gasteiger partial charge in [0, 0.05) is 25.1 Å². The van der Waals surface area contributed by atoms with E-state index in [4.69, 9.17) is 9.47 Å². The highest BCUT2D eigenvalue weighted by Gasteiger charge is 2.20. The molecule has 4 rings (SSSR count). The van der Waals surface area contributed by atoms with Gasteiger partial charge in [0.1, 0.15) is 12.7 Å². The van der Waals surface area contributed by atoms with Gasteiger partial charge in [0.25, 0.3) is 0 Å². The van der Waals surface area contributed by atoms with Crippen molar-refractivity contribution in [1.29, 1.82) is 0 Å². The van der Waals surface area contributed by atoms with Crippen LogP contribution in [0.25, 0.3) is 5.82 Å². The minimum absolute atomic E-state index is 0.0823. The van der Waals surface area contributed by atoms with Crippen LogP contribution in [-0.2, 0) is 6.54 Å². The summed E-state index contributed by atoms with van der Waals surface area (Å²) in [5, 5.41) is 10.8. The van der Waals surface area contributed by atoms with E-state index in [9.17, 15) is 0 Å². The van der Waals surface area contributed by atoms with Gasteiger partial charge in [0.2, 0.25) is 0 Å². The lowest BCUT2D eigenvalue weighted by molar-refractivity contribution is 0.0936. The Morgan fingerprint density at radius 2 is 2.07 bits per heavy atom. The summed E-state index contributed by atoms with van der Waals surface area (Å²) >= 11 is 0. The summed E-state index contributed by atoms with van der Waals surface area (Å²) < 4.78 is 13.5. The molecular formula is C21H24N6O2. The number of nitrogens with zero attached hydrogens (tertiary/aromatic N) is 4. The largest absolute Gasteiger partial charge is 0.486 e. The predicted molar refractivity (Wildman–Crippen MR) is 111 cm³/mol. The lowest BCUT2D eigenvalue weighted by Gasteiger charge is -2.27. The van der Waals surface area contributed by atoms with Crippen LogP contribution >= 0.6 is 0 Å². The number of pyridine rings is 1. The zero-order valence-electron chi connectivity index (χ0n) is 16.3. The Morgan fingerprint density at radius 1 is 1.17 bits per heavy atom. The second-order valence-electron chi connectivity index (χ2n) is 6.55. The first-order valence-electron chi connectivity index (χ1n) is 9.67. The van der Waals surface area contributed by atoms with Gasteiger partial charge in [0.05, 0.1) is 13.1 Å². The number of aliphatic imine (C=N–C) groups is 1. The first-order chi connectivity index (χ1) is 14.3. The Balaban J connectivity index is 1.37. The van der Waals surface area contributed by atoms with Crippen LogP contribution in [0.2, 0.25) is 0 Å². The van der Waals surface area contributed by atoms with Crippen LogP contribution < -0.4 is 20.1 Å². The summed E-state index contributed by atoms with van der Waals surface area (Å²) in [4.78, 5) is 9.03. The number of hydrogen-bond acceptors (Lipinski definition) is 5. The maximum atomic E-state index is 5.99. The second kappa shape index (κ2) is 9.09. The highest BCUT2D eigenvalue weighted by molar-refractivity contribution is 5.79. The number of rotatable bonds is 6. The first kappa shape index (κ1) is 18.8. The van der Waals surface area contributed by atoms with Gasteiger partial charge in [-0.15, -0.1) is 0 Å². The molecule has 3 heterocycles. The SMILES string of the molecule is CCNC(=NCc1ccnc(-n2cccn2)c1)NCC1COc2ccccc2O1. The van der Waals surface area contributed by atoms with Gasteiger partial charge in [-0.2, -0.15) is 5.10 Å². The first-order valence-corrected chi connectivity index (χ1v) is 9.67. The van der Waals surface area contributed by atoms with Gasteiger partial charge in [-0.1, -0.05) is 12.1 Å². The van der Waals surface area contributed by atoms with Crippen LogP contribution in [0.1, 0.15) is 12.5 Å². The number of aromatic nitrogens is 3. The number of benzene rings is 1. The molecular weight excluding hydrogens is 368 g/mol. The molecule has 8 nitrogen and oxygen atoms in total. The van der Waals surface area contributed by atoms with Crippen molar-refractivity contribution in [3.63, 3.8) is 0 Å². The van der Waals surface area contributed by atoms with Crippen molar-refractivity contribution in [1.82, 2.24) is 25.4 Å². The molecule has 2 N–H and O–H groups in total. The summed E-state index contributed by atoms with van der Waals surface area (Å²) in [6, 6.07) is 13.5. The molecule has 0 aliphatic carbocycles. The van der Waals surface area contributed by atoms with Crippen molar-refractivity contribution in [2.45, 2.75) is 19.6 Å². The molecule has 29 heavy (non-hydrogen) atoms. The van der Waals surface area contributed by atoms with Gasteiger partial charge >= 0.3 is 0 Å². The van der Waals surface area contributed by atoms with Gasteiger partial charge in [-0.25, -0.2) is 14.7 Å². The van der Waals surface area contributed by atoms with Gasteiger partial charge in [0.15, 0.2) is 23.3 Å². The van der Waals surface area contributed by atoms with E-state index in [0.717, 1.165) is 35.4 Å². The average molecular weight is 392 g/mol. The van der Waals surface area contributed by atoms with E-state index in [0.29, 0.717) is 19.7 Å². The Bertz CT molecular complexity index is 957. The summed E-state index contributed by atoms with van der Waals surface area (Å²) in [5.74, 6) is 3.06. The van der Waals surface area contributed by atoms with E-state index < -0.39 is 0 Å². The molecule has 2 aromatic heterocycles. The minimum Gasteiger partial charge on any atom is -0.486 e. The van der Waals surface area contributed by atoms with Crippen molar-refractivity contribution in [2.24, 2.45) is 4.99 Å². The zero-order chi connectivity index (χ0) is 19.9. The Labute approximate surface area is 169 Å². The van der Waals surface area contributed by atoms with E-state index in [1.165, 1.54) is 0 Å². The smallest absolute Gasteiger partial charge is 0.191 e. The summed E-state index contributed by atoms with van der Waals surface area (Å²) in [7, 11) is 0. The molecule has 0 radical (unpaired) electrons. The van der Waals surface area contributed by atoms with Crippen molar-refractivity contribution >= 4 is 5.96 Å². The van der Waals surface area contributed by atoms with Crippen LogP contribution in [0.4, 0.5) is 0 Å². The third-order valence-corrected chi connectivity index (χ3v) is 4.38. The van der Waals surface area contributed by atoms with Crippen LogP contribution in [0.15, 0.2) is 66.0 Å². The lowest BCUT2D eigenvalue weighted by atomic mass is 10.2. The predicted octanol–water partition coefficient (Wildman–Crippen LogP) is 2.16. The lowest BCUT2D eigenvalue weighted by Crippen LogP contribution is -2.45. The van der Waals surface area contributed by atoms with Crippen LogP contribution in [-0.4, -0.2) is 46.5 Å². The van der Waals surface area contributed by atoms with E-state index in [1.54, 1.807) is 17.1 Å². The quantitative estimate of drug-likeness (QED) is 0.494.